The summed E-state index contributed by atoms with van der Waals surface area (Å²) in [5.41, 5.74) is 0. The summed E-state index contributed by atoms with van der Waals surface area (Å²) in [5, 5.41) is 3.59. The second-order valence-corrected chi connectivity index (χ2v) is 6.76. The quantitative estimate of drug-likeness (QED) is 0.800. The molecule has 3 saturated heterocycles. The lowest BCUT2D eigenvalue weighted by molar-refractivity contribution is 0.0700. The molecule has 3 heteroatoms. The van der Waals surface area contributed by atoms with E-state index in [0.717, 1.165) is 30.0 Å². The molecule has 0 spiro atoms. The fourth-order valence-corrected chi connectivity index (χ4v) is 4.58. The van der Waals surface area contributed by atoms with Crippen molar-refractivity contribution in [2.45, 2.75) is 51.2 Å². The van der Waals surface area contributed by atoms with Gasteiger partial charge in [-0.3, -0.25) is 4.90 Å². The number of rotatable bonds is 2. The fourth-order valence-electron chi connectivity index (χ4n) is 4.58. The van der Waals surface area contributed by atoms with Gasteiger partial charge in [0.2, 0.25) is 0 Å². The first-order valence-electron chi connectivity index (χ1n) is 7.87. The Balaban J connectivity index is 1.68. The van der Waals surface area contributed by atoms with Gasteiger partial charge < -0.3 is 10.2 Å². The van der Waals surface area contributed by atoms with Crippen molar-refractivity contribution >= 4 is 0 Å². The largest absolute Gasteiger partial charge is 0.316 e. The first kappa shape index (κ1) is 12.9. The van der Waals surface area contributed by atoms with E-state index in [1.54, 1.807) is 0 Å². The van der Waals surface area contributed by atoms with Crippen LogP contribution in [0.25, 0.3) is 0 Å². The minimum absolute atomic E-state index is 0.764. The SMILES string of the molecule is CCC1C2CNCC2CN1C1CCN(C)C(C)C1. The molecule has 3 heterocycles. The van der Waals surface area contributed by atoms with Crippen molar-refractivity contribution in [3.8, 4) is 0 Å². The zero-order valence-electron chi connectivity index (χ0n) is 12.2. The molecule has 18 heavy (non-hydrogen) atoms. The highest BCUT2D eigenvalue weighted by Crippen LogP contribution is 2.37. The first-order chi connectivity index (χ1) is 8.70. The smallest absolute Gasteiger partial charge is 0.0140 e. The van der Waals surface area contributed by atoms with Gasteiger partial charge in [-0.2, -0.15) is 0 Å². The van der Waals surface area contributed by atoms with Gasteiger partial charge in [0, 0.05) is 24.7 Å². The minimum Gasteiger partial charge on any atom is -0.316 e. The van der Waals surface area contributed by atoms with Crippen molar-refractivity contribution in [1.82, 2.24) is 15.1 Å². The predicted molar refractivity (Wildman–Crippen MR) is 75.7 cm³/mol. The van der Waals surface area contributed by atoms with Gasteiger partial charge in [0.1, 0.15) is 0 Å². The van der Waals surface area contributed by atoms with Gasteiger partial charge in [0.05, 0.1) is 0 Å². The van der Waals surface area contributed by atoms with Gasteiger partial charge in [0.25, 0.3) is 0 Å². The maximum atomic E-state index is 3.59. The Hall–Kier alpha value is -0.120. The van der Waals surface area contributed by atoms with Crippen molar-refractivity contribution in [2.75, 3.05) is 33.2 Å². The molecule has 0 radical (unpaired) electrons. The van der Waals surface area contributed by atoms with Crippen LogP contribution in [0.15, 0.2) is 0 Å². The van der Waals surface area contributed by atoms with E-state index in [1.807, 2.05) is 0 Å². The molecule has 0 aromatic heterocycles. The fraction of sp³-hybridized carbons (Fsp3) is 1.00. The van der Waals surface area contributed by atoms with E-state index >= 15 is 0 Å². The van der Waals surface area contributed by atoms with E-state index in [4.69, 9.17) is 0 Å². The lowest BCUT2D eigenvalue weighted by Gasteiger charge is -2.42. The van der Waals surface area contributed by atoms with Crippen LogP contribution in [0.2, 0.25) is 0 Å². The van der Waals surface area contributed by atoms with Crippen molar-refractivity contribution in [2.24, 2.45) is 11.8 Å². The predicted octanol–water partition coefficient (Wildman–Crippen LogP) is 1.40. The van der Waals surface area contributed by atoms with E-state index in [2.05, 4.69) is 36.0 Å². The van der Waals surface area contributed by atoms with Crippen molar-refractivity contribution in [3.05, 3.63) is 0 Å². The topological polar surface area (TPSA) is 18.5 Å². The first-order valence-corrected chi connectivity index (χ1v) is 7.87. The average Bonchev–Trinajstić information content (AvgIpc) is 2.92. The highest BCUT2D eigenvalue weighted by molar-refractivity contribution is 5.01. The van der Waals surface area contributed by atoms with E-state index in [1.165, 1.54) is 45.4 Å². The van der Waals surface area contributed by atoms with E-state index < -0.39 is 0 Å². The minimum atomic E-state index is 0.764. The molecule has 3 nitrogen and oxygen atoms in total. The number of nitrogens with zero attached hydrogens (tertiary/aromatic N) is 2. The molecular weight excluding hydrogens is 222 g/mol. The van der Waals surface area contributed by atoms with Gasteiger partial charge in [-0.15, -0.1) is 0 Å². The molecule has 0 aromatic rings. The van der Waals surface area contributed by atoms with Crippen LogP contribution < -0.4 is 5.32 Å². The Morgan fingerprint density at radius 3 is 2.83 bits per heavy atom. The summed E-state index contributed by atoms with van der Waals surface area (Å²) < 4.78 is 0. The molecule has 0 aromatic carbocycles. The molecular formula is C15H29N3. The van der Waals surface area contributed by atoms with Crippen molar-refractivity contribution < 1.29 is 0 Å². The van der Waals surface area contributed by atoms with Gasteiger partial charge in [-0.25, -0.2) is 0 Å². The summed E-state index contributed by atoms with van der Waals surface area (Å²) in [6, 6.07) is 2.47. The molecule has 3 fully saturated rings. The van der Waals surface area contributed by atoms with Crippen molar-refractivity contribution in [1.29, 1.82) is 0 Å². The highest BCUT2D eigenvalue weighted by atomic mass is 15.3. The van der Waals surface area contributed by atoms with Crippen LogP contribution in [0.5, 0.6) is 0 Å². The lowest BCUT2D eigenvalue weighted by atomic mass is 9.91. The van der Waals surface area contributed by atoms with E-state index in [0.29, 0.717) is 0 Å². The van der Waals surface area contributed by atoms with E-state index in [9.17, 15) is 0 Å². The van der Waals surface area contributed by atoms with Crippen LogP contribution >= 0.6 is 0 Å². The number of likely N-dealkylation sites (tertiary alicyclic amines) is 2. The molecule has 0 saturated carbocycles. The Morgan fingerprint density at radius 1 is 1.28 bits per heavy atom. The summed E-state index contributed by atoms with van der Waals surface area (Å²) in [5.74, 6) is 1.87. The second kappa shape index (κ2) is 5.10. The van der Waals surface area contributed by atoms with Crippen molar-refractivity contribution in [3.63, 3.8) is 0 Å². The second-order valence-electron chi connectivity index (χ2n) is 6.76. The number of fused-ring (bicyclic) bond motifs is 1. The average molecular weight is 251 g/mol. The van der Waals surface area contributed by atoms with Gasteiger partial charge in [-0.05, 0) is 64.7 Å². The molecule has 1 N–H and O–H groups in total. The third-order valence-electron chi connectivity index (χ3n) is 5.83. The summed E-state index contributed by atoms with van der Waals surface area (Å²) in [7, 11) is 2.28. The van der Waals surface area contributed by atoms with Crippen LogP contribution in [0.4, 0.5) is 0 Å². The van der Waals surface area contributed by atoms with Crippen LogP contribution in [-0.4, -0.2) is 61.2 Å². The Labute approximate surface area is 112 Å². The van der Waals surface area contributed by atoms with Gasteiger partial charge in [-0.1, -0.05) is 6.92 Å². The van der Waals surface area contributed by atoms with Crippen LogP contribution in [0.1, 0.15) is 33.1 Å². The van der Waals surface area contributed by atoms with E-state index in [-0.39, 0.29) is 0 Å². The summed E-state index contributed by atoms with van der Waals surface area (Å²) >= 11 is 0. The van der Waals surface area contributed by atoms with Gasteiger partial charge >= 0.3 is 0 Å². The number of nitrogens with one attached hydrogen (secondary N) is 1. The summed E-state index contributed by atoms with van der Waals surface area (Å²) in [6.07, 6.45) is 4.09. The Bertz CT molecular complexity index is 293. The Kier molecular flexibility index (Phi) is 3.65. The van der Waals surface area contributed by atoms with Crippen LogP contribution in [0.3, 0.4) is 0 Å². The van der Waals surface area contributed by atoms with Crippen LogP contribution in [-0.2, 0) is 0 Å². The maximum absolute atomic E-state index is 3.59. The third kappa shape index (κ3) is 2.10. The summed E-state index contributed by atoms with van der Waals surface area (Å²) in [6.45, 7) is 9.95. The molecule has 5 unspecified atom stereocenters. The summed E-state index contributed by atoms with van der Waals surface area (Å²) in [4.78, 5) is 5.41. The zero-order chi connectivity index (χ0) is 12.7. The Morgan fingerprint density at radius 2 is 2.11 bits per heavy atom. The molecule has 0 bridgehead atoms. The van der Waals surface area contributed by atoms with Crippen LogP contribution in [0, 0.1) is 11.8 Å². The highest BCUT2D eigenvalue weighted by Gasteiger charge is 2.46. The molecule has 3 aliphatic heterocycles. The lowest BCUT2D eigenvalue weighted by Crippen LogP contribution is -2.50. The molecule has 5 atom stereocenters. The normalized spacial score (nSPS) is 46.5. The number of piperidine rings is 1. The standard InChI is InChI=1S/C15H29N3/c1-4-15-14-9-16-8-12(14)10-18(15)13-5-6-17(3)11(2)7-13/h11-16H,4-10H2,1-3H3. The zero-order valence-corrected chi connectivity index (χ0v) is 12.2. The number of hydrogen-bond donors (Lipinski definition) is 1. The molecule has 0 aliphatic carbocycles. The number of hydrogen-bond acceptors (Lipinski definition) is 3. The molecule has 0 amide bonds. The molecule has 3 rings (SSSR count). The van der Waals surface area contributed by atoms with Gasteiger partial charge in [0.15, 0.2) is 0 Å². The molecule has 104 valence electrons. The molecule has 3 aliphatic rings. The third-order valence-corrected chi connectivity index (χ3v) is 5.83. The monoisotopic (exact) mass is 251 g/mol. The maximum Gasteiger partial charge on any atom is 0.0140 e.